The number of carbonyl (C=O) groups excluding carboxylic acids is 3. The number of nitrogens with zero attached hydrogens (tertiary/aromatic N) is 1. The van der Waals surface area contributed by atoms with E-state index in [2.05, 4.69) is 10.6 Å². The normalized spacial score (nSPS) is 13.5. The van der Waals surface area contributed by atoms with E-state index in [4.69, 9.17) is 4.74 Å². The standard InChI is InChI=1S/C26H43N3O4S/c1-9-10-17-29(21(19-14-12-11-13-15-19)22(30)28-25(2,3)4)23(31)20(16-18-34-8)27-24(32)33-26(5,6)7/h11-15,20-21H,9-10,16-18H2,1-8H3,(H,27,32)(H,28,30). The Morgan fingerprint density at radius 3 is 2.18 bits per heavy atom. The van der Waals surface area contributed by atoms with Gasteiger partial charge in [-0.05, 0) is 72.0 Å². The lowest BCUT2D eigenvalue weighted by Crippen LogP contribution is -2.55. The first kappa shape index (κ1) is 29.8. The zero-order valence-electron chi connectivity index (χ0n) is 22.1. The van der Waals surface area contributed by atoms with Crippen molar-refractivity contribution in [1.29, 1.82) is 0 Å². The lowest BCUT2D eigenvalue weighted by atomic mass is 10.00. The van der Waals surface area contributed by atoms with Gasteiger partial charge in [0.25, 0.3) is 0 Å². The van der Waals surface area contributed by atoms with E-state index < -0.39 is 29.3 Å². The molecule has 0 aromatic heterocycles. The van der Waals surface area contributed by atoms with Gasteiger partial charge < -0.3 is 20.3 Å². The fraction of sp³-hybridized carbons (Fsp3) is 0.654. The van der Waals surface area contributed by atoms with Gasteiger partial charge in [0.1, 0.15) is 17.7 Å². The van der Waals surface area contributed by atoms with Crippen LogP contribution in [0.1, 0.15) is 79.3 Å². The highest BCUT2D eigenvalue weighted by Gasteiger charge is 2.36. The average molecular weight is 494 g/mol. The van der Waals surface area contributed by atoms with Gasteiger partial charge in [-0.15, -0.1) is 0 Å². The number of thioether (sulfide) groups is 1. The quantitative estimate of drug-likeness (QED) is 0.457. The number of rotatable bonds is 11. The van der Waals surface area contributed by atoms with Crippen LogP contribution >= 0.6 is 11.8 Å². The number of hydrogen-bond donors (Lipinski definition) is 2. The molecule has 0 aliphatic carbocycles. The summed E-state index contributed by atoms with van der Waals surface area (Å²) < 4.78 is 5.41. The molecule has 0 aliphatic heterocycles. The minimum absolute atomic E-state index is 0.246. The minimum atomic E-state index is -0.809. The molecule has 34 heavy (non-hydrogen) atoms. The van der Waals surface area contributed by atoms with Crippen molar-refractivity contribution >= 4 is 29.7 Å². The van der Waals surface area contributed by atoms with Crippen molar-refractivity contribution in [2.24, 2.45) is 0 Å². The molecule has 2 atom stereocenters. The molecule has 0 radical (unpaired) electrons. The van der Waals surface area contributed by atoms with Crippen LogP contribution in [0.5, 0.6) is 0 Å². The van der Waals surface area contributed by atoms with Crippen molar-refractivity contribution < 1.29 is 19.1 Å². The molecule has 0 aliphatic rings. The Kier molecular flexibility index (Phi) is 11.9. The summed E-state index contributed by atoms with van der Waals surface area (Å²) in [7, 11) is 0. The first-order valence-electron chi connectivity index (χ1n) is 11.9. The largest absolute Gasteiger partial charge is 0.444 e. The molecule has 8 heteroatoms. The Morgan fingerprint density at radius 2 is 1.68 bits per heavy atom. The summed E-state index contributed by atoms with van der Waals surface area (Å²) in [5, 5.41) is 5.80. The SMILES string of the molecule is CCCCN(C(=O)C(CCSC)NC(=O)OC(C)(C)C)C(C(=O)NC(C)(C)C)c1ccccc1. The second-order valence-electron chi connectivity index (χ2n) is 10.4. The van der Waals surface area contributed by atoms with Gasteiger partial charge in [0.15, 0.2) is 0 Å². The lowest BCUT2D eigenvalue weighted by Gasteiger charge is -2.36. The molecular formula is C26H43N3O4S. The third kappa shape index (κ3) is 10.8. The highest BCUT2D eigenvalue weighted by Crippen LogP contribution is 2.25. The highest BCUT2D eigenvalue weighted by molar-refractivity contribution is 7.98. The summed E-state index contributed by atoms with van der Waals surface area (Å²) in [5.74, 6) is 0.146. The molecule has 0 bridgehead atoms. The molecule has 1 aromatic carbocycles. The fourth-order valence-corrected chi connectivity index (χ4v) is 3.86. The van der Waals surface area contributed by atoms with Crippen LogP contribution in [0.3, 0.4) is 0 Å². The van der Waals surface area contributed by atoms with Crippen LogP contribution in [0.15, 0.2) is 30.3 Å². The fourth-order valence-electron chi connectivity index (χ4n) is 3.38. The Labute approximate surface area is 209 Å². The third-order valence-corrected chi connectivity index (χ3v) is 5.45. The van der Waals surface area contributed by atoms with E-state index in [-0.39, 0.29) is 11.8 Å². The topological polar surface area (TPSA) is 87.7 Å². The van der Waals surface area contributed by atoms with Gasteiger partial charge in [-0.1, -0.05) is 43.7 Å². The summed E-state index contributed by atoms with van der Waals surface area (Å²) in [6.45, 7) is 13.5. The van der Waals surface area contributed by atoms with E-state index in [1.807, 2.05) is 64.3 Å². The van der Waals surface area contributed by atoms with Crippen LogP contribution < -0.4 is 10.6 Å². The molecule has 0 fully saturated rings. The summed E-state index contributed by atoms with van der Waals surface area (Å²) in [4.78, 5) is 41.6. The van der Waals surface area contributed by atoms with Crippen molar-refractivity contribution in [3.8, 4) is 0 Å². The maximum absolute atomic E-state index is 13.9. The Morgan fingerprint density at radius 1 is 1.06 bits per heavy atom. The van der Waals surface area contributed by atoms with Crippen LogP contribution in [0.4, 0.5) is 4.79 Å². The predicted molar refractivity (Wildman–Crippen MR) is 140 cm³/mol. The number of carbonyl (C=O) groups is 3. The summed E-state index contributed by atoms with van der Waals surface area (Å²) >= 11 is 1.59. The second-order valence-corrected chi connectivity index (χ2v) is 11.4. The van der Waals surface area contributed by atoms with Gasteiger partial charge in [-0.25, -0.2) is 4.79 Å². The highest BCUT2D eigenvalue weighted by atomic mass is 32.2. The first-order valence-corrected chi connectivity index (χ1v) is 13.3. The van der Waals surface area contributed by atoms with Crippen molar-refractivity contribution in [2.75, 3.05) is 18.6 Å². The smallest absolute Gasteiger partial charge is 0.408 e. The number of amides is 3. The van der Waals surface area contributed by atoms with Crippen LogP contribution in [-0.2, 0) is 14.3 Å². The molecule has 1 rings (SSSR count). The molecule has 2 unspecified atom stereocenters. The lowest BCUT2D eigenvalue weighted by molar-refractivity contribution is -0.143. The number of unbranched alkanes of at least 4 members (excludes halogenated alkanes) is 1. The molecule has 7 nitrogen and oxygen atoms in total. The summed E-state index contributed by atoms with van der Waals surface area (Å²) in [6, 6.07) is 7.71. The molecule has 192 valence electrons. The van der Waals surface area contributed by atoms with Gasteiger partial charge in [-0.3, -0.25) is 9.59 Å². The molecule has 0 saturated carbocycles. The molecule has 3 amide bonds. The van der Waals surface area contributed by atoms with Crippen molar-refractivity contribution in [3.05, 3.63) is 35.9 Å². The van der Waals surface area contributed by atoms with Crippen LogP contribution in [0.25, 0.3) is 0 Å². The second kappa shape index (κ2) is 13.6. The summed E-state index contributed by atoms with van der Waals surface area (Å²) in [6.07, 6.45) is 3.34. The Bertz CT molecular complexity index is 787. The van der Waals surface area contributed by atoms with Gasteiger partial charge in [0.05, 0.1) is 0 Å². The molecule has 0 saturated heterocycles. The van der Waals surface area contributed by atoms with Crippen LogP contribution in [0, 0.1) is 0 Å². The monoisotopic (exact) mass is 493 g/mol. The maximum Gasteiger partial charge on any atom is 0.408 e. The van der Waals surface area contributed by atoms with Gasteiger partial charge in [0.2, 0.25) is 11.8 Å². The van der Waals surface area contributed by atoms with E-state index in [1.54, 1.807) is 37.4 Å². The van der Waals surface area contributed by atoms with E-state index >= 15 is 0 Å². The molecule has 1 aromatic rings. The molecular weight excluding hydrogens is 450 g/mol. The zero-order valence-corrected chi connectivity index (χ0v) is 22.9. The Balaban J connectivity index is 3.39. The van der Waals surface area contributed by atoms with Crippen molar-refractivity contribution in [1.82, 2.24) is 15.5 Å². The number of nitrogens with one attached hydrogen (secondary N) is 2. The summed E-state index contributed by atoms with van der Waals surface area (Å²) in [5.41, 5.74) is -0.413. The first-order chi connectivity index (χ1) is 15.8. The molecule has 0 spiro atoms. The van der Waals surface area contributed by atoms with E-state index in [0.717, 1.165) is 18.4 Å². The van der Waals surface area contributed by atoms with Gasteiger partial charge in [0, 0.05) is 12.1 Å². The number of benzene rings is 1. The molecule has 0 heterocycles. The van der Waals surface area contributed by atoms with E-state index in [0.29, 0.717) is 18.7 Å². The third-order valence-electron chi connectivity index (χ3n) is 4.81. The van der Waals surface area contributed by atoms with E-state index in [1.165, 1.54) is 0 Å². The van der Waals surface area contributed by atoms with Crippen LogP contribution in [-0.4, -0.2) is 58.5 Å². The van der Waals surface area contributed by atoms with Gasteiger partial charge in [-0.2, -0.15) is 11.8 Å². The maximum atomic E-state index is 13.9. The van der Waals surface area contributed by atoms with Crippen molar-refractivity contribution in [3.63, 3.8) is 0 Å². The van der Waals surface area contributed by atoms with Crippen molar-refractivity contribution in [2.45, 2.75) is 91.0 Å². The number of alkyl carbamates (subject to hydrolysis) is 1. The minimum Gasteiger partial charge on any atom is -0.444 e. The zero-order chi connectivity index (χ0) is 25.9. The number of ether oxygens (including phenoxy) is 1. The predicted octanol–water partition coefficient (Wildman–Crippen LogP) is 4.92. The molecule has 2 N–H and O–H groups in total. The van der Waals surface area contributed by atoms with Gasteiger partial charge >= 0.3 is 6.09 Å². The van der Waals surface area contributed by atoms with Crippen LogP contribution in [0.2, 0.25) is 0 Å². The Hall–Kier alpha value is -2.22. The van der Waals surface area contributed by atoms with E-state index in [9.17, 15) is 14.4 Å². The number of hydrogen-bond acceptors (Lipinski definition) is 5. The average Bonchev–Trinajstić information content (AvgIpc) is 2.71.